The van der Waals surface area contributed by atoms with E-state index >= 15 is 0 Å². The summed E-state index contributed by atoms with van der Waals surface area (Å²) in [5.41, 5.74) is 10.3. The molecule has 9 heteroatoms. The molecule has 182 valence electrons. The number of carbonyl (C=O) groups excluding carboxylic acids is 1. The lowest BCUT2D eigenvalue weighted by Gasteiger charge is -2.18. The van der Waals surface area contributed by atoms with Gasteiger partial charge in [0, 0.05) is 28.9 Å². The molecule has 0 saturated carbocycles. The molecule has 0 aliphatic heterocycles. The number of primary amides is 1. The molecule has 3 aromatic rings. The Labute approximate surface area is 199 Å². The molecule has 3 rings (SSSR count). The maximum Gasteiger partial charge on any atom is 0.258 e. The van der Waals surface area contributed by atoms with Gasteiger partial charge in [-0.25, -0.2) is 0 Å². The molecule has 2 atom stereocenters. The Morgan fingerprint density at radius 1 is 1.12 bits per heavy atom. The Hall–Kier alpha value is -3.30. The average Bonchev–Trinajstić information content (AvgIpc) is 3.28. The number of aromatic nitrogens is 3. The largest absolute Gasteiger partial charge is 0.490 e. The highest BCUT2D eigenvalue weighted by atomic mass is 16.5. The fourth-order valence-electron chi connectivity index (χ4n) is 3.77. The number of benzene rings is 1. The van der Waals surface area contributed by atoms with E-state index in [9.17, 15) is 15.0 Å². The normalized spacial score (nSPS) is 13.0. The van der Waals surface area contributed by atoms with Crippen LogP contribution in [0, 0.1) is 13.8 Å². The Balaban J connectivity index is 1.81. The van der Waals surface area contributed by atoms with Gasteiger partial charge in [-0.05, 0) is 62.1 Å². The first-order valence-electron chi connectivity index (χ1n) is 11.5. The Morgan fingerprint density at radius 3 is 2.56 bits per heavy atom. The zero-order valence-electron chi connectivity index (χ0n) is 20.0. The summed E-state index contributed by atoms with van der Waals surface area (Å²) >= 11 is 0. The van der Waals surface area contributed by atoms with Crippen LogP contribution in [-0.4, -0.2) is 50.1 Å². The number of amides is 1. The fraction of sp³-hybridized carbons (Fsp3) is 0.440. The van der Waals surface area contributed by atoms with E-state index in [2.05, 4.69) is 22.0 Å². The lowest BCUT2D eigenvalue weighted by Crippen LogP contribution is -2.33. The summed E-state index contributed by atoms with van der Waals surface area (Å²) in [5.74, 6) is 0.661. The van der Waals surface area contributed by atoms with Gasteiger partial charge in [-0.2, -0.15) is 4.98 Å². The van der Waals surface area contributed by atoms with Gasteiger partial charge in [0.25, 0.3) is 5.89 Å². The first kappa shape index (κ1) is 25.3. The number of hydrogen-bond acceptors (Lipinski definition) is 8. The summed E-state index contributed by atoms with van der Waals surface area (Å²) in [7, 11) is 0. The lowest BCUT2D eigenvalue weighted by atomic mass is 10.0. The van der Waals surface area contributed by atoms with Gasteiger partial charge in [0.15, 0.2) is 0 Å². The monoisotopic (exact) mass is 468 g/mol. The minimum atomic E-state index is -1.41. The van der Waals surface area contributed by atoms with E-state index in [0.29, 0.717) is 23.9 Å². The maximum atomic E-state index is 11.0. The zero-order valence-corrected chi connectivity index (χ0v) is 20.0. The van der Waals surface area contributed by atoms with Crippen molar-refractivity contribution >= 4 is 5.91 Å². The van der Waals surface area contributed by atoms with Gasteiger partial charge in [-0.15, -0.1) is 0 Å². The maximum absolute atomic E-state index is 11.0. The molecule has 0 saturated heterocycles. The van der Waals surface area contributed by atoms with E-state index in [1.54, 1.807) is 0 Å². The topological polar surface area (TPSA) is 145 Å². The summed E-state index contributed by atoms with van der Waals surface area (Å²) in [6, 6.07) is 7.74. The molecule has 0 radical (unpaired) electrons. The van der Waals surface area contributed by atoms with Crippen molar-refractivity contribution in [2.75, 3.05) is 6.61 Å². The van der Waals surface area contributed by atoms with E-state index in [-0.39, 0.29) is 13.0 Å². The van der Waals surface area contributed by atoms with Gasteiger partial charge in [-0.1, -0.05) is 25.4 Å². The highest BCUT2D eigenvalue weighted by Gasteiger charge is 2.19. The molecule has 0 aliphatic rings. The highest BCUT2D eigenvalue weighted by molar-refractivity contribution is 5.78. The Bertz CT molecular complexity index is 1140. The molecule has 1 amide bonds. The van der Waals surface area contributed by atoms with Crippen molar-refractivity contribution in [2.24, 2.45) is 5.73 Å². The summed E-state index contributed by atoms with van der Waals surface area (Å²) in [6.07, 6.45) is -0.0739. The number of pyridine rings is 1. The smallest absolute Gasteiger partial charge is 0.258 e. The number of nitrogens with two attached hydrogens (primary N) is 1. The number of aliphatic hydroxyl groups is 2. The summed E-state index contributed by atoms with van der Waals surface area (Å²) in [4.78, 5) is 20.1. The van der Waals surface area contributed by atoms with Crippen molar-refractivity contribution in [1.29, 1.82) is 0 Å². The quantitative estimate of drug-likeness (QED) is 0.389. The van der Waals surface area contributed by atoms with Crippen LogP contribution in [0.4, 0.5) is 0 Å². The molecule has 0 aliphatic carbocycles. The van der Waals surface area contributed by atoms with Crippen LogP contribution in [0.15, 0.2) is 28.8 Å². The van der Waals surface area contributed by atoms with Gasteiger partial charge in [0.1, 0.15) is 18.5 Å². The number of nitrogens with zero attached hydrogens (tertiary/aromatic N) is 3. The molecule has 0 spiro atoms. The number of aliphatic hydroxyl groups excluding tert-OH is 2. The second-order valence-corrected chi connectivity index (χ2v) is 8.42. The first-order valence-corrected chi connectivity index (χ1v) is 11.5. The van der Waals surface area contributed by atoms with Gasteiger partial charge in [0.05, 0.1) is 6.10 Å². The number of ether oxygens (including phenoxy) is 1. The van der Waals surface area contributed by atoms with Gasteiger partial charge in [0.2, 0.25) is 11.7 Å². The van der Waals surface area contributed by atoms with Crippen molar-refractivity contribution in [1.82, 2.24) is 15.1 Å². The molecule has 9 nitrogen and oxygen atoms in total. The number of rotatable bonds is 11. The first-order chi connectivity index (χ1) is 16.2. The third-order valence-corrected chi connectivity index (χ3v) is 5.42. The summed E-state index contributed by atoms with van der Waals surface area (Å²) in [5, 5.41) is 23.8. The van der Waals surface area contributed by atoms with Gasteiger partial charge >= 0.3 is 0 Å². The molecule has 1 aromatic carbocycles. The zero-order chi connectivity index (χ0) is 24.8. The van der Waals surface area contributed by atoms with Gasteiger partial charge in [-0.3, -0.25) is 9.78 Å². The van der Waals surface area contributed by atoms with Crippen molar-refractivity contribution < 1.29 is 24.3 Å². The third kappa shape index (κ3) is 6.18. The van der Waals surface area contributed by atoms with Crippen LogP contribution in [0.3, 0.4) is 0 Å². The third-order valence-electron chi connectivity index (χ3n) is 5.42. The molecule has 2 heterocycles. The van der Waals surface area contributed by atoms with Crippen LogP contribution < -0.4 is 10.5 Å². The van der Waals surface area contributed by atoms with E-state index < -0.39 is 18.1 Å². The number of aryl methyl sites for hydroxylation is 4. The van der Waals surface area contributed by atoms with Crippen LogP contribution in [0.25, 0.3) is 22.8 Å². The van der Waals surface area contributed by atoms with Crippen LogP contribution in [0.1, 0.15) is 49.2 Å². The molecular weight excluding hydrogens is 436 g/mol. The molecule has 1 unspecified atom stereocenters. The number of carbonyl (C=O) groups is 1. The summed E-state index contributed by atoms with van der Waals surface area (Å²) in [6.45, 7) is 7.87. The Kier molecular flexibility index (Phi) is 8.36. The SMILES string of the molecule is CCCc1cc(-c2nc(-c3cc(C)c(OC[C@H](O)CC(O)C(N)=O)c(CC)c3)no2)cc(C)n1. The average molecular weight is 469 g/mol. The predicted octanol–water partition coefficient (Wildman–Crippen LogP) is 2.91. The highest BCUT2D eigenvalue weighted by Crippen LogP contribution is 2.31. The predicted molar refractivity (Wildman–Crippen MR) is 127 cm³/mol. The summed E-state index contributed by atoms with van der Waals surface area (Å²) < 4.78 is 11.4. The van der Waals surface area contributed by atoms with Gasteiger partial charge < -0.3 is 25.2 Å². The molecule has 34 heavy (non-hydrogen) atoms. The van der Waals surface area contributed by atoms with E-state index in [1.807, 2.05) is 45.0 Å². The molecular formula is C25H32N4O5. The minimum Gasteiger partial charge on any atom is -0.490 e. The van der Waals surface area contributed by atoms with Crippen LogP contribution in [0.2, 0.25) is 0 Å². The standard InChI is InChI=1S/C25H32N4O5/c1-5-7-19-11-18(9-15(4)27-19)25-28-24(29-34-25)17-8-14(3)22(16(6-2)10-17)33-13-20(30)12-21(31)23(26)32/h8-11,20-21,30-31H,5-7,12-13H2,1-4H3,(H2,26,32)/t20-,21?/m1/s1. The van der Waals surface area contributed by atoms with E-state index in [0.717, 1.165) is 46.5 Å². The van der Waals surface area contributed by atoms with E-state index in [4.69, 9.17) is 15.0 Å². The second-order valence-electron chi connectivity index (χ2n) is 8.42. The van der Waals surface area contributed by atoms with Crippen molar-refractivity contribution in [3.8, 4) is 28.6 Å². The van der Waals surface area contributed by atoms with Crippen LogP contribution in [-0.2, 0) is 17.6 Å². The molecule has 2 aromatic heterocycles. The van der Waals surface area contributed by atoms with Crippen LogP contribution in [0.5, 0.6) is 5.75 Å². The van der Waals surface area contributed by atoms with Crippen LogP contribution >= 0.6 is 0 Å². The van der Waals surface area contributed by atoms with E-state index in [1.165, 1.54) is 0 Å². The Morgan fingerprint density at radius 2 is 1.88 bits per heavy atom. The van der Waals surface area contributed by atoms with Crippen molar-refractivity contribution in [3.05, 3.63) is 46.8 Å². The van der Waals surface area contributed by atoms with Crippen molar-refractivity contribution in [3.63, 3.8) is 0 Å². The molecule has 0 fully saturated rings. The fourth-order valence-corrected chi connectivity index (χ4v) is 3.77. The number of hydrogen-bond donors (Lipinski definition) is 3. The van der Waals surface area contributed by atoms with Crippen molar-refractivity contribution in [2.45, 2.75) is 65.6 Å². The molecule has 4 N–H and O–H groups in total. The second kappa shape index (κ2) is 11.2. The lowest BCUT2D eigenvalue weighted by molar-refractivity contribution is -0.127. The minimum absolute atomic E-state index is 0.0780. The molecule has 0 bridgehead atoms.